The predicted octanol–water partition coefficient (Wildman–Crippen LogP) is 3.23. The molecule has 1 aromatic rings. The van der Waals surface area contributed by atoms with Crippen LogP contribution in [0.4, 0.5) is 5.69 Å². The highest BCUT2D eigenvalue weighted by Crippen LogP contribution is 2.21. The molecule has 106 valence electrons. The SMILES string of the molecule is CCN(CC)CCCNc1ccc(Br)cc1C(N)=S. The monoisotopic (exact) mass is 343 g/mol. The summed E-state index contributed by atoms with van der Waals surface area (Å²) in [4.78, 5) is 2.84. The van der Waals surface area contributed by atoms with Crippen LogP contribution in [-0.4, -0.2) is 36.1 Å². The molecular weight excluding hydrogens is 322 g/mol. The second kappa shape index (κ2) is 8.51. The number of nitrogens with zero attached hydrogens (tertiary/aromatic N) is 1. The number of nitrogens with one attached hydrogen (secondary N) is 1. The number of nitrogens with two attached hydrogens (primary N) is 1. The topological polar surface area (TPSA) is 41.3 Å². The van der Waals surface area contributed by atoms with Crippen LogP contribution in [0.3, 0.4) is 0 Å². The van der Waals surface area contributed by atoms with Gasteiger partial charge in [-0.3, -0.25) is 0 Å². The van der Waals surface area contributed by atoms with Gasteiger partial charge in [0.2, 0.25) is 0 Å². The van der Waals surface area contributed by atoms with Crippen LogP contribution in [0, 0.1) is 0 Å². The van der Waals surface area contributed by atoms with Crippen molar-refractivity contribution in [3.63, 3.8) is 0 Å². The van der Waals surface area contributed by atoms with Gasteiger partial charge < -0.3 is 16.0 Å². The zero-order valence-corrected chi connectivity index (χ0v) is 14.0. The number of hydrogen-bond donors (Lipinski definition) is 2. The van der Waals surface area contributed by atoms with Crippen molar-refractivity contribution >= 4 is 38.8 Å². The summed E-state index contributed by atoms with van der Waals surface area (Å²) in [6.07, 6.45) is 1.11. The molecule has 0 aliphatic rings. The van der Waals surface area contributed by atoms with E-state index in [2.05, 4.69) is 40.0 Å². The van der Waals surface area contributed by atoms with Gasteiger partial charge in [-0.15, -0.1) is 0 Å². The Hall–Kier alpha value is -0.650. The third-order valence-corrected chi connectivity index (χ3v) is 3.82. The average Bonchev–Trinajstić information content (AvgIpc) is 2.40. The van der Waals surface area contributed by atoms with Crippen molar-refractivity contribution < 1.29 is 0 Å². The van der Waals surface area contributed by atoms with E-state index in [0.717, 1.165) is 48.3 Å². The zero-order chi connectivity index (χ0) is 14.3. The summed E-state index contributed by atoms with van der Waals surface area (Å²) in [5.41, 5.74) is 7.65. The van der Waals surface area contributed by atoms with E-state index >= 15 is 0 Å². The summed E-state index contributed by atoms with van der Waals surface area (Å²) < 4.78 is 0.990. The van der Waals surface area contributed by atoms with Gasteiger partial charge in [0.25, 0.3) is 0 Å². The number of halogens is 1. The standard InChI is InChI=1S/C14H22BrN3S/c1-3-18(4-2)9-5-8-17-13-7-6-11(15)10-12(13)14(16)19/h6-7,10,17H,3-5,8-9H2,1-2H3,(H2,16,19). The van der Waals surface area contributed by atoms with Crippen LogP contribution in [0.2, 0.25) is 0 Å². The Labute approximate surface area is 129 Å². The van der Waals surface area contributed by atoms with Crippen molar-refractivity contribution in [2.45, 2.75) is 20.3 Å². The summed E-state index contributed by atoms with van der Waals surface area (Å²) in [7, 11) is 0. The Morgan fingerprint density at radius 2 is 2.05 bits per heavy atom. The molecule has 3 N–H and O–H groups in total. The molecule has 0 saturated heterocycles. The van der Waals surface area contributed by atoms with E-state index in [0.29, 0.717) is 4.99 Å². The molecule has 0 amide bonds. The Kier molecular flexibility index (Phi) is 7.34. The number of rotatable bonds is 8. The smallest absolute Gasteiger partial charge is 0.106 e. The highest BCUT2D eigenvalue weighted by atomic mass is 79.9. The molecule has 0 aliphatic carbocycles. The molecule has 0 aromatic heterocycles. The Morgan fingerprint density at radius 3 is 2.63 bits per heavy atom. The van der Waals surface area contributed by atoms with Crippen LogP contribution in [0.1, 0.15) is 25.8 Å². The first-order valence-corrected chi connectivity index (χ1v) is 7.84. The second-order valence-electron chi connectivity index (χ2n) is 4.36. The third-order valence-electron chi connectivity index (χ3n) is 3.11. The molecule has 1 rings (SSSR count). The molecule has 0 bridgehead atoms. The van der Waals surface area contributed by atoms with Crippen LogP contribution < -0.4 is 11.1 Å². The predicted molar refractivity (Wildman–Crippen MR) is 90.9 cm³/mol. The lowest BCUT2D eigenvalue weighted by molar-refractivity contribution is 0.303. The maximum atomic E-state index is 5.74. The largest absolute Gasteiger partial charge is 0.389 e. The van der Waals surface area contributed by atoms with Crippen LogP contribution in [0.5, 0.6) is 0 Å². The molecular formula is C14H22BrN3S. The van der Waals surface area contributed by atoms with E-state index in [9.17, 15) is 0 Å². The first-order chi connectivity index (χ1) is 9.08. The van der Waals surface area contributed by atoms with Crippen molar-refractivity contribution in [3.05, 3.63) is 28.2 Å². The molecule has 0 fully saturated rings. The lowest BCUT2D eigenvalue weighted by Gasteiger charge is -2.18. The van der Waals surface area contributed by atoms with Gasteiger partial charge in [-0.1, -0.05) is 42.0 Å². The summed E-state index contributed by atoms with van der Waals surface area (Å²) in [6, 6.07) is 5.96. The summed E-state index contributed by atoms with van der Waals surface area (Å²) in [5.74, 6) is 0. The highest BCUT2D eigenvalue weighted by molar-refractivity contribution is 9.10. The molecule has 5 heteroatoms. The van der Waals surface area contributed by atoms with Crippen molar-refractivity contribution in [2.24, 2.45) is 5.73 Å². The van der Waals surface area contributed by atoms with Gasteiger partial charge in [0, 0.05) is 22.3 Å². The number of anilines is 1. The van der Waals surface area contributed by atoms with Gasteiger partial charge in [-0.05, 0) is 44.3 Å². The molecule has 0 atom stereocenters. The first kappa shape index (κ1) is 16.4. The van der Waals surface area contributed by atoms with Crippen LogP contribution in [0.25, 0.3) is 0 Å². The fourth-order valence-electron chi connectivity index (χ4n) is 1.94. The Morgan fingerprint density at radius 1 is 1.37 bits per heavy atom. The lowest BCUT2D eigenvalue weighted by atomic mass is 10.1. The number of benzene rings is 1. The maximum absolute atomic E-state index is 5.74. The third kappa shape index (κ3) is 5.47. The fraction of sp³-hybridized carbons (Fsp3) is 0.500. The minimum absolute atomic E-state index is 0.424. The van der Waals surface area contributed by atoms with E-state index in [1.165, 1.54) is 0 Å². The maximum Gasteiger partial charge on any atom is 0.106 e. The van der Waals surface area contributed by atoms with Crippen molar-refractivity contribution in [2.75, 3.05) is 31.5 Å². The number of hydrogen-bond acceptors (Lipinski definition) is 3. The van der Waals surface area contributed by atoms with E-state index in [1.54, 1.807) is 0 Å². The van der Waals surface area contributed by atoms with Crippen LogP contribution >= 0.6 is 28.1 Å². The van der Waals surface area contributed by atoms with Crippen LogP contribution in [0.15, 0.2) is 22.7 Å². The molecule has 1 aromatic carbocycles. The molecule has 19 heavy (non-hydrogen) atoms. The van der Waals surface area contributed by atoms with Crippen LogP contribution in [-0.2, 0) is 0 Å². The normalized spacial score (nSPS) is 10.7. The van der Waals surface area contributed by atoms with Gasteiger partial charge in [-0.2, -0.15) is 0 Å². The van der Waals surface area contributed by atoms with E-state index in [1.807, 2.05) is 18.2 Å². The number of thiocarbonyl (C=S) groups is 1. The molecule has 0 saturated carbocycles. The molecule has 0 radical (unpaired) electrons. The Bertz CT molecular complexity index is 419. The second-order valence-corrected chi connectivity index (χ2v) is 5.72. The minimum atomic E-state index is 0.424. The van der Waals surface area contributed by atoms with Gasteiger partial charge in [0.1, 0.15) is 4.99 Å². The van der Waals surface area contributed by atoms with Gasteiger partial charge in [0.15, 0.2) is 0 Å². The molecule has 0 spiro atoms. The van der Waals surface area contributed by atoms with Gasteiger partial charge in [-0.25, -0.2) is 0 Å². The molecule has 0 aliphatic heterocycles. The first-order valence-electron chi connectivity index (χ1n) is 6.64. The zero-order valence-electron chi connectivity index (χ0n) is 11.6. The van der Waals surface area contributed by atoms with E-state index < -0.39 is 0 Å². The molecule has 3 nitrogen and oxygen atoms in total. The Balaban J connectivity index is 2.51. The van der Waals surface area contributed by atoms with E-state index in [4.69, 9.17) is 18.0 Å². The quantitative estimate of drug-likeness (QED) is 0.561. The molecule has 0 heterocycles. The van der Waals surface area contributed by atoms with Crippen molar-refractivity contribution in [1.82, 2.24) is 4.90 Å². The average molecular weight is 344 g/mol. The van der Waals surface area contributed by atoms with Gasteiger partial charge in [0.05, 0.1) is 0 Å². The summed E-state index contributed by atoms with van der Waals surface area (Å²) in [6.45, 7) is 8.62. The van der Waals surface area contributed by atoms with Gasteiger partial charge >= 0.3 is 0 Å². The van der Waals surface area contributed by atoms with Crippen molar-refractivity contribution in [1.29, 1.82) is 0 Å². The summed E-state index contributed by atoms with van der Waals surface area (Å²) in [5, 5.41) is 3.41. The minimum Gasteiger partial charge on any atom is -0.389 e. The van der Waals surface area contributed by atoms with E-state index in [-0.39, 0.29) is 0 Å². The fourth-order valence-corrected chi connectivity index (χ4v) is 2.47. The van der Waals surface area contributed by atoms with Crippen molar-refractivity contribution in [3.8, 4) is 0 Å². The summed E-state index contributed by atoms with van der Waals surface area (Å²) >= 11 is 8.51. The molecule has 0 unspecified atom stereocenters. The lowest BCUT2D eigenvalue weighted by Crippen LogP contribution is -2.25. The highest BCUT2D eigenvalue weighted by Gasteiger charge is 2.06.